The minimum atomic E-state index is 0. The van der Waals surface area contributed by atoms with E-state index in [4.69, 9.17) is 4.99 Å². The molecule has 1 aromatic heterocycles. The maximum Gasteiger partial charge on any atom is 0.194 e. The fourth-order valence-corrected chi connectivity index (χ4v) is 2.98. The summed E-state index contributed by atoms with van der Waals surface area (Å²) in [4.78, 5) is 11.3. The second kappa shape index (κ2) is 9.00. The average molecular weight is 440 g/mol. The van der Waals surface area contributed by atoms with Gasteiger partial charge in [0.2, 0.25) is 0 Å². The van der Waals surface area contributed by atoms with E-state index in [-0.39, 0.29) is 24.0 Å². The van der Waals surface area contributed by atoms with E-state index in [9.17, 15) is 0 Å². The molecular weight excluding hydrogens is 415 g/mol. The molecule has 130 valence electrons. The van der Waals surface area contributed by atoms with E-state index in [0.717, 1.165) is 31.4 Å². The zero-order valence-corrected chi connectivity index (χ0v) is 16.6. The van der Waals surface area contributed by atoms with Crippen molar-refractivity contribution in [2.24, 2.45) is 12.0 Å². The van der Waals surface area contributed by atoms with Crippen LogP contribution in [0.5, 0.6) is 0 Å². The van der Waals surface area contributed by atoms with Crippen molar-refractivity contribution in [2.45, 2.75) is 25.8 Å². The molecular formula is C17H25IN6. The Morgan fingerprint density at radius 1 is 1.33 bits per heavy atom. The summed E-state index contributed by atoms with van der Waals surface area (Å²) >= 11 is 0. The molecule has 3 rings (SSSR count). The Labute approximate surface area is 160 Å². The quantitative estimate of drug-likeness (QED) is 0.451. The van der Waals surface area contributed by atoms with Crippen LogP contribution in [0, 0.1) is 0 Å². The Morgan fingerprint density at radius 3 is 2.79 bits per heavy atom. The number of hydrogen-bond acceptors (Lipinski definition) is 3. The van der Waals surface area contributed by atoms with E-state index in [1.807, 2.05) is 7.05 Å². The van der Waals surface area contributed by atoms with Gasteiger partial charge in [0.15, 0.2) is 5.96 Å². The summed E-state index contributed by atoms with van der Waals surface area (Å²) in [5.74, 6) is 2.42. The van der Waals surface area contributed by atoms with Crippen LogP contribution < -0.4 is 5.32 Å². The number of nitrogens with zero attached hydrogens (tertiary/aromatic N) is 5. The summed E-state index contributed by atoms with van der Waals surface area (Å²) in [7, 11) is 1.89. The van der Waals surface area contributed by atoms with Crippen molar-refractivity contribution < 1.29 is 0 Å². The molecule has 0 aliphatic carbocycles. The molecule has 1 fully saturated rings. The molecule has 1 atom stereocenters. The fourth-order valence-electron chi connectivity index (χ4n) is 2.98. The summed E-state index contributed by atoms with van der Waals surface area (Å²) in [5, 5.41) is 7.49. The highest BCUT2D eigenvalue weighted by Gasteiger charge is 2.25. The van der Waals surface area contributed by atoms with Gasteiger partial charge in [-0.25, -0.2) is 9.98 Å². The van der Waals surface area contributed by atoms with Crippen LogP contribution in [0.1, 0.15) is 30.7 Å². The summed E-state index contributed by atoms with van der Waals surface area (Å²) in [6, 6.07) is 10.7. The lowest BCUT2D eigenvalue weighted by Crippen LogP contribution is -2.40. The number of benzene rings is 1. The Kier molecular flexibility index (Phi) is 7.01. The summed E-state index contributed by atoms with van der Waals surface area (Å²) in [5.41, 5.74) is 1.42. The van der Waals surface area contributed by atoms with Crippen molar-refractivity contribution in [3.63, 3.8) is 0 Å². The molecule has 1 N–H and O–H groups in total. The van der Waals surface area contributed by atoms with Crippen LogP contribution in [0.25, 0.3) is 0 Å². The van der Waals surface area contributed by atoms with Crippen LogP contribution in [-0.2, 0) is 13.6 Å². The topological polar surface area (TPSA) is 58.3 Å². The van der Waals surface area contributed by atoms with Gasteiger partial charge in [0, 0.05) is 32.6 Å². The molecule has 1 aromatic carbocycles. The molecule has 0 spiro atoms. The Hall–Kier alpha value is -1.64. The van der Waals surface area contributed by atoms with E-state index < -0.39 is 0 Å². The molecule has 1 aliphatic rings. The Morgan fingerprint density at radius 2 is 2.12 bits per heavy atom. The Balaban J connectivity index is 0.00000208. The monoisotopic (exact) mass is 440 g/mol. The van der Waals surface area contributed by atoms with Crippen molar-refractivity contribution in [1.82, 2.24) is 25.0 Å². The van der Waals surface area contributed by atoms with Gasteiger partial charge in [-0.1, -0.05) is 30.3 Å². The largest absolute Gasteiger partial charge is 0.357 e. The lowest BCUT2D eigenvalue weighted by Gasteiger charge is -2.21. The minimum Gasteiger partial charge on any atom is -0.357 e. The first-order valence-electron chi connectivity index (χ1n) is 8.19. The average Bonchev–Trinajstić information content (AvgIpc) is 3.22. The third-order valence-electron chi connectivity index (χ3n) is 4.27. The van der Waals surface area contributed by atoms with Gasteiger partial charge in [-0.3, -0.25) is 4.68 Å². The molecule has 0 saturated carbocycles. The summed E-state index contributed by atoms with van der Waals surface area (Å²) in [6.45, 7) is 5.55. The predicted molar refractivity (Wildman–Crippen MR) is 107 cm³/mol. The number of aryl methyl sites for hydroxylation is 1. The predicted octanol–water partition coefficient (Wildman–Crippen LogP) is 2.39. The summed E-state index contributed by atoms with van der Waals surface area (Å²) < 4.78 is 1.77. The zero-order chi connectivity index (χ0) is 16.1. The molecule has 0 amide bonds. The molecule has 2 aromatic rings. The van der Waals surface area contributed by atoms with Crippen LogP contribution in [0.4, 0.5) is 0 Å². The number of likely N-dealkylation sites (tertiary alicyclic amines) is 1. The van der Waals surface area contributed by atoms with Gasteiger partial charge in [0.25, 0.3) is 0 Å². The SMILES string of the molecule is CCNC(=NCc1ncnn1C)N1CCC(c2ccccc2)C1.I. The zero-order valence-electron chi connectivity index (χ0n) is 14.2. The highest BCUT2D eigenvalue weighted by atomic mass is 127. The molecule has 0 bridgehead atoms. The number of rotatable bonds is 4. The standard InChI is InChI=1S/C17H24N6.HI/c1-3-18-17(19-11-16-20-13-21-22(16)2)23-10-9-15(12-23)14-7-5-4-6-8-14;/h4-8,13,15H,3,9-12H2,1-2H3,(H,18,19);1H. The second-order valence-corrected chi connectivity index (χ2v) is 5.81. The van der Waals surface area contributed by atoms with E-state index in [0.29, 0.717) is 12.5 Å². The Bertz CT molecular complexity index is 654. The molecule has 1 aliphatic heterocycles. The van der Waals surface area contributed by atoms with Gasteiger partial charge < -0.3 is 10.2 Å². The minimum absolute atomic E-state index is 0. The van der Waals surface area contributed by atoms with E-state index >= 15 is 0 Å². The van der Waals surface area contributed by atoms with Gasteiger partial charge >= 0.3 is 0 Å². The van der Waals surface area contributed by atoms with Gasteiger partial charge in [-0.15, -0.1) is 24.0 Å². The van der Waals surface area contributed by atoms with Crippen LogP contribution in [0.15, 0.2) is 41.7 Å². The molecule has 7 heteroatoms. The first kappa shape index (κ1) is 18.7. The number of halogens is 1. The maximum atomic E-state index is 4.74. The second-order valence-electron chi connectivity index (χ2n) is 5.81. The molecule has 1 saturated heterocycles. The fraction of sp³-hybridized carbons (Fsp3) is 0.471. The normalized spacial score (nSPS) is 17.7. The van der Waals surface area contributed by atoms with Crippen molar-refractivity contribution in [1.29, 1.82) is 0 Å². The van der Waals surface area contributed by atoms with Crippen molar-refractivity contribution in [2.75, 3.05) is 19.6 Å². The number of guanidine groups is 1. The lowest BCUT2D eigenvalue weighted by molar-refractivity contribution is 0.485. The molecule has 1 unspecified atom stereocenters. The molecule has 6 nitrogen and oxygen atoms in total. The highest BCUT2D eigenvalue weighted by Crippen LogP contribution is 2.26. The molecule has 24 heavy (non-hydrogen) atoms. The summed E-state index contributed by atoms with van der Waals surface area (Å²) in [6.07, 6.45) is 2.73. The number of aliphatic imine (C=N–C) groups is 1. The number of hydrogen-bond donors (Lipinski definition) is 1. The van der Waals surface area contributed by atoms with E-state index in [1.54, 1.807) is 11.0 Å². The van der Waals surface area contributed by atoms with Gasteiger partial charge in [0.05, 0.1) is 0 Å². The van der Waals surface area contributed by atoms with Crippen LogP contribution in [0.3, 0.4) is 0 Å². The number of nitrogens with one attached hydrogen (secondary N) is 1. The molecule has 0 radical (unpaired) electrons. The smallest absolute Gasteiger partial charge is 0.194 e. The van der Waals surface area contributed by atoms with E-state index in [1.165, 1.54) is 12.0 Å². The van der Waals surface area contributed by atoms with Crippen molar-refractivity contribution in [3.05, 3.63) is 48.0 Å². The third kappa shape index (κ3) is 4.46. The van der Waals surface area contributed by atoms with Crippen LogP contribution >= 0.6 is 24.0 Å². The van der Waals surface area contributed by atoms with Gasteiger partial charge in [-0.2, -0.15) is 5.10 Å². The number of aromatic nitrogens is 3. The van der Waals surface area contributed by atoms with Crippen LogP contribution in [0.2, 0.25) is 0 Å². The van der Waals surface area contributed by atoms with Crippen molar-refractivity contribution in [3.8, 4) is 0 Å². The third-order valence-corrected chi connectivity index (χ3v) is 4.27. The van der Waals surface area contributed by atoms with Crippen LogP contribution in [-0.4, -0.2) is 45.3 Å². The van der Waals surface area contributed by atoms with Gasteiger partial charge in [-0.05, 0) is 18.9 Å². The van der Waals surface area contributed by atoms with E-state index in [2.05, 4.69) is 57.6 Å². The van der Waals surface area contributed by atoms with Gasteiger partial charge in [0.1, 0.15) is 18.7 Å². The highest BCUT2D eigenvalue weighted by molar-refractivity contribution is 14.0. The van der Waals surface area contributed by atoms with Crippen molar-refractivity contribution >= 4 is 29.9 Å². The first-order valence-corrected chi connectivity index (χ1v) is 8.19. The lowest BCUT2D eigenvalue weighted by atomic mass is 9.99. The molecule has 2 heterocycles. The first-order chi connectivity index (χ1) is 11.3. The maximum absolute atomic E-state index is 4.74.